The minimum atomic E-state index is -3.44. The van der Waals surface area contributed by atoms with Crippen LogP contribution in [-0.4, -0.2) is 21.5 Å². The molecule has 0 atom stereocenters. The van der Waals surface area contributed by atoms with Gasteiger partial charge in [-0.1, -0.05) is 53.6 Å². The monoisotopic (exact) mass is 457 g/mol. The summed E-state index contributed by atoms with van der Waals surface area (Å²) in [5.41, 5.74) is 3.46. The Hall–Kier alpha value is -2.37. The Morgan fingerprint density at radius 3 is 2.35 bits per heavy atom. The molecule has 1 fully saturated rings. The Balaban J connectivity index is 1.51. The second kappa shape index (κ2) is 9.01. The largest absolute Gasteiger partial charge is 0.371 e. The highest BCUT2D eigenvalue weighted by atomic mass is 35.5. The summed E-state index contributed by atoms with van der Waals surface area (Å²) in [6.45, 7) is 3.42. The average Bonchev–Trinajstić information content (AvgIpc) is 2.74. The van der Waals surface area contributed by atoms with Crippen LogP contribution >= 0.6 is 11.6 Å². The average molecular weight is 458 g/mol. The number of benzene rings is 3. The summed E-state index contributed by atoms with van der Waals surface area (Å²) in [5.74, 6) is -0.162. The summed E-state index contributed by atoms with van der Waals surface area (Å²) in [6.07, 6.45) is 1.61. The molecule has 6 heteroatoms. The number of nitrogens with zero attached hydrogens (tertiary/aromatic N) is 1. The number of rotatable bonds is 5. The molecule has 0 bridgehead atoms. The summed E-state index contributed by atoms with van der Waals surface area (Å²) in [4.78, 5) is 2.55. The molecule has 4 rings (SSSR count). The van der Waals surface area contributed by atoms with Crippen LogP contribution in [0.5, 0.6) is 0 Å². The maximum absolute atomic E-state index is 14.3. The zero-order chi connectivity index (χ0) is 22.0. The van der Waals surface area contributed by atoms with Gasteiger partial charge in [0.15, 0.2) is 9.84 Å². The minimum Gasteiger partial charge on any atom is -0.371 e. The van der Waals surface area contributed by atoms with E-state index in [0.29, 0.717) is 15.5 Å². The number of halogens is 2. The molecule has 3 aromatic carbocycles. The third kappa shape index (κ3) is 4.94. The van der Waals surface area contributed by atoms with Gasteiger partial charge in [0.25, 0.3) is 0 Å². The number of sulfone groups is 1. The summed E-state index contributed by atoms with van der Waals surface area (Å²) < 4.78 is 40.3. The van der Waals surface area contributed by atoms with E-state index in [0.717, 1.165) is 42.7 Å². The fourth-order valence-corrected chi connectivity index (χ4v) is 5.77. The lowest BCUT2D eigenvalue weighted by Gasteiger charge is -2.35. The quantitative estimate of drug-likeness (QED) is 0.461. The van der Waals surface area contributed by atoms with Gasteiger partial charge >= 0.3 is 0 Å². The van der Waals surface area contributed by atoms with Gasteiger partial charge in [0.05, 0.1) is 10.6 Å². The van der Waals surface area contributed by atoms with E-state index >= 15 is 0 Å². The molecule has 31 heavy (non-hydrogen) atoms. The first-order valence-electron chi connectivity index (χ1n) is 10.4. The van der Waals surface area contributed by atoms with E-state index in [2.05, 4.69) is 4.90 Å². The van der Waals surface area contributed by atoms with E-state index in [-0.39, 0.29) is 17.5 Å². The first-order chi connectivity index (χ1) is 14.8. The van der Waals surface area contributed by atoms with Crippen LogP contribution in [0.4, 0.5) is 10.1 Å². The molecule has 0 spiro atoms. The molecule has 3 aromatic rings. The predicted octanol–water partition coefficient (Wildman–Crippen LogP) is 6.15. The van der Waals surface area contributed by atoms with Gasteiger partial charge in [-0.05, 0) is 67.1 Å². The highest BCUT2D eigenvalue weighted by molar-refractivity contribution is 7.90. The summed E-state index contributed by atoms with van der Waals surface area (Å²) in [6, 6.07) is 19.5. The van der Waals surface area contributed by atoms with Gasteiger partial charge in [0.2, 0.25) is 0 Å². The van der Waals surface area contributed by atoms with Crippen LogP contribution in [0.3, 0.4) is 0 Å². The van der Waals surface area contributed by atoms with Crippen LogP contribution in [0.2, 0.25) is 5.02 Å². The summed E-state index contributed by atoms with van der Waals surface area (Å²) >= 11 is 5.88. The number of hydrogen-bond acceptors (Lipinski definition) is 3. The van der Waals surface area contributed by atoms with Crippen LogP contribution in [0.1, 0.15) is 35.4 Å². The Kier molecular flexibility index (Phi) is 6.35. The van der Waals surface area contributed by atoms with Crippen molar-refractivity contribution in [3.63, 3.8) is 0 Å². The van der Waals surface area contributed by atoms with Crippen molar-refractivity contribution >= 4 is 27.1 Å². The van der Waals surface area contributed by atoms with Crippen molar-refractivity contribution in [3.8, 4) is 0 Å². The molecule has 0 unspecified atom stereocenters. The number of hydrogen-bond donors (Lipinski definition) is 0. The molecule has 0 saturated carbocycles. The van der Waals surface area contributed by atoms with Crippen molar-refractivity contribution < 1.29 is 12.8 Å². The van der Waals surface area contributed by atoms with Gasteiger partial charge in [-0.2, -0.15) is 0 Å². The second-order valence-electron chi connectivity index (χ2n) is 8.13. The first kappa shape index (κ1) is 21.8. The standard InChI is InChI=1S/C25H25ClFNO2S/c1-18-6-9-22(10-7-18)31(29,30)17-20-4-2-3-5-25(20)28-14-12-19(13-15-28)23-11-8-21(26)16-24(23)27/h2-11,16,19H,12-15,17H2,1H3. The Bertz CT molecular complexity index is 1170. The predicted molar refractivity (Wildman–Crippen MR) is 124 cm³/mol. The lowest BCUT2D eigenvalue weighted by Crippen LogP contribution is -2.34. The van der Waals surface area contributed by atoms with Crippen molar-refractivity contribution in [2.24, 2.45) is 0 Å². The zero-order valence-corrected chi connectivity index (χ0v) is 19.0. The molecule has 1 heterocycles. The smallest absolute Gasteiger partial charge is 0.182 e. The van der Waals surface area contributed by atoms with Crippen molar-refractivity contribution in [2.45, 2.75) is 36.3 Å². The molecular formula is C25H25ClFNO2S. The zero-order valence-electron chi connectivity index (χ0n) is 17.4. The van der Waals surface area contributed by atoms with Crippen molar-refractivity contribution in [1.29, 1.82) is 0 Å². The van der Waals surface area contributed by atoms with Gasteiger partial charge in [0.1, 0.15) is 5.82 Å². The van der Waals surface area contributed by atoms with Crippen LogP contribution in [0.25, 0.3) is 0 Å². The fraction of sp³-hybridized carbons (Fsp3) is 0.280. The summed E-state index contributed by atoms with van der Waals surface area (Å²) in [7, 11) is -3.44. The van der Waals surface area contributed by atoms with Gasteiger partial charge in [0, 0.05) is 23.8 Å². The Labute approximate surface area is 188 Å². The van der Waals surface area contributed by atoms with Gasteiger partial charge in [-0.15, -0.1) is 0 Å². The molecule has 0 aromatic heterocycles. The molecular weight excluding hydrogens is 433 g/mol. The lowest BCUT2D eigenvalue weighted by atomic mass is 9.88. The van der Waals surface area contributed by atoms with Crippen LogP contribution in [-0.2, 0) is 15.6 Å². The van der Waals surface area contributed by atoms with E-state index < -0.39 is 9.84 Å². The van der Waals surface area contributed by atoms with E-state index in [1.807, 2.05) is 43.3 Å². The SMILES string of the molecule is Cc1ccc(S(=O)(=O)Cc2ccccc2N2CCC(c3ccc(Cl)cc3F)CC2)cc1. The van der Waals surface area contributed by atoms with Crippen LogP contribution in [0, 0.1) is 12.7 Å². The van der Waals surface area contributed by atoms with Gasteiger partial charge in [-0.25, -0.2) is 12.8 Å². The molecule has 1 aliphatic rings. The Morgan fingerprint density at radius 2 is 1.68 bits per heavy atom. The molecule has 0 amide bonds. The number of para-hydroxylation sites is 1. The molecule has 0 aliphatic carbocycles. The van der Waals surface area contributed by atoms with Gasteiger partial charge in [-0.3, -0.25) is 0 Å². The van der Waals surface area contributed by atoms with Crippen molar-refractivity contribution in [3.05, 3.63) is 94.3 Å². The topological polar surface area (TPSA) is 37.4 Å². The van der Waals surface area contributed by atoms with E-state index in [1.54, 1.807) is 24.3 Å². The van der Waals surface area contributed by atoms with Crippen LogP contribution in [0.15, 0.2) is 71.6 Å². The number of piperidine rings is 1. The van der Waals surface area contributed by atoms with Crippen LogP contribution < -0.4 is 4.90 Å². The third-order valence-corrected chi connectivity index (χ3v) is 7.87. The molecule has 1 saturated heterocycles. The van der Waals surface area contributed by atoms with Gasteiger partial charge < -0.3 is 4.90 Å². The summed E-state index contributed by atoms with van der Waals surface area (Å²) in [5, 5.41) is 0.405. The fourth-order valence-electron chi connectivity index (χ4n) is 4.24. The molecule has 0 N–H and O–H groups in total. The van der Waals surface area contributed by atoms with E-state index in [1.165, 1.54) is 6.07 Å². The van der Waals surface area contributed by atoms with Crippen molar-refractivity contribution in [1.82, 2.24) is 0 Å². The normalized spacial score (nSPS) is 15.3. The highest BCUT2D eigenvalue weighted by Crippen LogP contribution is 2.34. The lowest BCUT2D eigenvalue weighted by molar-refractivity contribution is 0.481. The molecule has 1 aliphatic heterocycles. The molecule has 0 radical (unpaired) electrons. The minimum absolute atomic E-state index is 0.0437. The van der Waals surface area contributed by atoms with E-state index in [4.69, 9.17) is 11.6 Å². The third-order valence-electron chi connectivity index (χ3n) is 5.96. The maximum Gasteiger partial charge on any atom is 0.182 e. The molecule has 3 nitrogen and oxygen atoms in total. The Morgan fingerprint density at radius 1 is 1.00 bits per heavy atom. The second-order valence-corrected chi connectivity index (χ2v) is 10.6. The number of aryl methyl sites for hydroxylation is 1. The number of anilines is 1. The highest BCUT2D eigenvalue weighted by Gasteiger charge is 2.25. The first-order valence-corrected chi connectivity index (χ1v) is 12.4. The molecule has 162 valence electrons. The van der Waals surface area contributed by atoms with Crippen molar-refractivity contribution in [2.75, 3.05) is 18.0 Å². The maximum atomic E-state index is 14.3. The van der Waals surface area contributed by atoms with E-state index in [9.17, 15) is 12.8 Å².